The molecule has 1 N–H and O–H groups in total. The molecule has 0 bridgehead atoms. The second kappa shape index (κ2) is 6.37. The minimum Gasteiger partial charge on any atom is -0.477 e. The van der Waals surface area contributed by atoms with E-state index in [-0.39, 0.29) is 11.6 Å². The number of nitrogens with zero attached hydrogens (tertiary/aromatic N) is 2. The van der Waals surface area contributed by atoms with Gasteiger partial charge in [-0.1, -0.05) is 23.7 Å². The summed E-state index contributed by atoms with van der Waals surface area (Å²) in [7, 11) is 1.65. The second-order valence-corrected chi connectivity index (χ2v) is 4.96. The van der Waals surface area contributed by atoms with Crippen molar-refractivity contribution in [1.82, 2.24) is 9.88 Å². The highest BCUT2D eigenvalue weighted by molar-refractivity contribution is 6.30. The molecule has 21 heavy (non-hydrogen) atoms. The Morgan fingerprint density at radius 2 is 1.90 bits per heavy atom. The number of carbonyl (C=O) groups excluding carboxylic acids is 1. The molecule has 2 aromatic rings. The van der Waals surface area contributed by atoms with Crippen molar-refractivity contribution in [1.29, 1.82) is 0 Å². The number of benzene rings is 1. The summed E-state index contributed by atoms with van der Waals surface area (Å²) < 4.78 is 0. The first-order chi connectivity index (χ1) is 9.97. The maximum atomic E-state index is 12.3. The Bertz CT molecular complexity index is 671. The number of aromatic carboxylic acids is 1. The molecule has 0 unspecified atom stereocenters. The summed E-state index contributed by atoms with van der Waals surface area (Å²) in [5.41, 5.74) is 1.07. The van der Waals surface area contributed by atoms with Gasteiger partial charge in [-0.25, -0.2) is 9.78 Å². The van der Waals surface area contributed by atoms with Crippen molar-refractivity contribution in [3.63, 3.8) is 0 Å². The van der Waals surface area contributed by atoms with Crippen molar-refractivity contribution >= 4 is 23.5 Å². The first-order valence-corrected chi connectivity index (χ1v) is 6.54. The van der Waals surface area contributed by atoms with Crippen LogP contribution in [-0.2, 0) is 6.54 Å². The van der Waals surface area contributed by atoms with Gasteiger partial charge < -0.3 is 10.0 Å². The summed E-state index contributed by atoms with van der Waals surface area (Å²) >= 11 is 5.81. The third-order valence-electron chi connectivity index (χ3n) is 2.91. The smallest absolute Gasteiger partial charge is 0.354 e. The van der Waals surface area contributed by atoms with Crippen LogP contribution in [0.25, 0.3) is 0 Å². The van der Waals surface area contributed by atoms with Crippen LogP contribution in [0, 0.1) is 0 Å². The molecule has 0 aliphatic heterocycles. The van der Waals surface area contributed by atoms with Gasteiger partial charge in [0, 0.05) is 30.4 Å². The minimum atomic E-state index is -1.16. The van der Waals surface area contributed by atoms with E-state index < -0.39 is 5.97 Å². The van der Waals surface area contributed by atoms with Crippen LogP contribution in [0.5, 0.6) is 0 Å². The number of hydrogen-bond donors (Lipinski definition) is 1. The third-order valence-corrected chi connectivity index (χ3v) is 3.16. The highest BCUT2D eigenvalue weighted by Gasteiger charge is 2.14. The van der Waals surface area contributed by atoms with Crippen molar-refractivity contribution in [2.75, 3.05) is 7.05 Å². The zero-order valence-electron chi connectivity index (χ0n) is 11.3. The second-order valence-electron chi connectivity index (χ2n) is 4.52. The highest BCUT2D eigenvalue weighted by atomic mass is 35.5. The molecular weight excluding hydrogens is 292 g/mol. The summed E-state index contributed by atoms with van der Waals surface area (Å²) in [6, 6.07) is 9.94. The van der Waals surface area contributed by atoms with Crippen molar-refractivity contribution in [2.45, 2.75) is 6.54 Å². The molecule has 2 rings (SSSR count). The summed E-state index contributed by atoms with van der Waals surface area (Å²) in [4.78, 5) is 28.3. The van der Waals surface area contributed by atoms with E-state index in [2.05, 4.69) is 4.98 Å². The molecule has 1 aromatic heterocycles. The third kappa shape index (κ3) is 3.79. The Morgan fingerprint density at radius 3 is 2.52 bits per heavy atom. The molecule has 0 atom stereocenters. The van der Waals surface area contributed by atoms with Crippen LogP contribution < -0.4 is 0 Å². The lowest BCUT2D eigenvalue weighted by Crippen LogP contribution is -2.26. The summed E-state index contributed by atoms with van der Waals surface area (Å²) in [6.45, 7) is 0.404. The minimum absolute atomic E-state index is 0.152. The normalized spacial score (nSPS) is 10.2. The topological polar surface area (TPSA) is 70.5 Å². The first-order valence-electron chi connectivity index (χ1n) is 6.16. The average molecular weight is 305 g/mol. The molecule has 6 heteroatoms. The Morgan fingerprint density at radius 1 is 1.24 bits per heavy atom. The molecular formula is C15H13ClN2O3. The van der Waals surface area contributed by atoms with Crippen molar-refractivity contribution in [3.05, 3.63) is 64.4 Å². The summed E-state index contributed by atoms with van der Waals surface area (Å²) in [5.74, 6) is -1.43. The maximum Gasteiger partial charge on any atom is 0.354 e. The molecule has 0 fully saturated rings. The van der Waals surface area contributed by atoms with E-state index >= 15 is 0 Å². The summed E-state index contributed by atoms with van der Waals surface area (Å²) in [6.07, 6.45) is 1.31. The summed E-state index contributed by atoms with van der Waals surface area (Å²) in [5, 5.41) is 9.52. The van der Waals surface area contributed by atoms with Gasteiger partial charge in [0.2, 0.25) is 0 Å². The molecule has 0 spiro atoms. The number of hydrogen-bond acceptors (Lipinski definition) is 3. The number of carbonyl (C=O) groups is 2. The van der Waals surface area contributed by atoms with Crippen LogP contribution >= 0.6 is 11.6 Å². The fourth-order valence-corrected chi connectivity index (χ4v) is 1.96. The van der Waals surface area contributed by atoms with Crippen LogP contribution in [0.1, 0.15) is 26.4 Å². The standard InChI is InChI=1S/C15H13ClN2O3/c1-18(9-10-2-4-12(16)5-3-10)14(19)11-6-7-17-13(8-11)15(20)21/h2-8H,9H2,1H3,(H,20,21). The van der Waals surface area contributed by atoms with Gasteiger partial charge in [0.15, 0.2) is 0 Å². The van der Waals surface area contributed by atoms with Crippen LogP contribution in [0.2, 0.25) is 5.02 Å². The van der Waals surface area contributed by atoms with Gasteiger partial charge in [-0.05, 0) is 29.8 Å². The SMILES string of the molecule is CN(Cc1ccc(Cl)cc1)C(=O)c1ccnc(C(=O)O)c1. The highest BCUT2D eigenvalue weighted by Crippen LogP contribution is 2.13. The predicted molar refractivity (Wildman–Crippen MR) is 78.4 cm³/mol. The molecule has 0 aliphatic carbocycles. The maximum absolute atomic E-state index is 12.3. The van der Waals surface area contributed by atoms with Gasteiger partial charge in [0.1, 0.15) is 5.69 Å². The molecule has 0 aliphatic rings. The van der Waals surface area contributed by atoms with Crippen LogP contribution in [0.3, 0.4) is 0 Å². The molecule has 1 aromatic carbocycles. The molecule has 1 heterocycles. The zero-order valence-corrected chi connectivity index (χ0v) is 12.0. The van der Waals surface area contributed by atoms with E-state index in [4.69, 9.17) is 16.7 Å². The molecule has 0 saturated carbocycles. The lowest BCUT2D eigenvalue weighted by atomic mass is 10.1. The van der Waals surface area contributed by atoms with Gasteiger partial charge >= 0.3 is 5.97 Å². The fourth-order valence-electron chi connectivity index (χ4n) is 1.84. The van der Waals surface area contributed by atoms with Gasteiger partial charge in [-0.2, -0.15) is 0 Å². The van der Waals surface area contributed by atoms with Gasteiger partial charge in [-0.15, -0.1) is 0 Å². The zero-order chi connectivity index (χ0) is 15.4. The predicted octanol–water partition coefficient (Wildman–Crippen LogP) is 2.71. The quantitative estimate of drug-likeness (QED) is 0.943. The Balaban J connectivity index is 2.13. The van der Waals surface area contributed by atoms with Crippen molar-refractivity contribution < 1.29 is 14.7 Å². The number of halogens is 1. The lowest BCUT2D eigenvalue weighted by Gasteiger charge is -2.17. The Hall–Kier alpha value is -2.40. The number of carboxylic acids is 1. The average Bonchev–Trinajstić information content (AvgIpc) is 2.49. The largest absolute Gasteiger partial charge is 0.477 e. The monoisotopic (exact) mass is 304 g/mol. The molecule has 0 saturated heterocycles. The number of carboxylic acid groups (broad SMARTS) is 1. The number of aromatic nitrogens is 1. The Labute approximate surface area is 126 Å². The number of amides is 1. The van der Waals surface area contributed by atoms with Crippen LogP contribution in [0.15, 0.2) is 42.6 Å². The van der Waals surface area contributed by atoms with Gasteiger partial charge in [-0.3, -0.25) is 4.79 Å². The van der Waals surface area contributed by atoms with E-state index in [1.165, 1.54) is 23.2 Å². The van der Waals surface area contributed by atoms with Crippen LogP contribution in [0.4, 0.5) is 0 Å². The van der Waals surface area contributed by atoms with Crippen molar-refractivity contribution in [3.8, 4) is 0 Å². The number of pyridine rings is 1. The number of rotatable bonds is 4. The molecule has 0 radical (unpaired) electrons. The fraction of sp³-hybridized carbons (Fsp3) is 0.133. The van der Waals surface area contributed by atoms with E-state index in [0.29, 0.717) is 17.1 Å². The molecule has 5 nitrogen and oxygen atoms in total. The van der Waals surface area contributed by atoms with Crippen molar-refractivity contribution in [2.24, 2.45) is 0 Å². The van der Waals surface area contributed by atoms with E-state index in [9.17, 15) is 9.59 Å². The van der Waals surface area contributed by atoms with Crippen LogP contribution in [-0.4, -0.2) is 33.9 Å². The van der Waals surface area contributed by atoms with Gasteiger partial charge in [0.05, 0.1) is 0 Å². The molecule has 108 valence electrons. The molecule has 1 amide bonds. The van der Waals surface area contributed by atoms with E-state index in [0.717, 1.165) is 5.56 Å². The van der Waals surface area contributed by atoms with Gasteiger partial charge in [0.25, 0.3) is 5.91 Å². The first kappa shape index (κ1) is 15.0. The lowest BCUT2D eigenvalue weighted by molar-refractivity contribution is 0.0690. The van der Waals surface area contributed by atoms with E-state index in [1.54, 1.807) is 19.2 Å². The Kier molecular flexibility index (Phi) is 4.55. The van der Waals surface area contributed by atoms with E-state index in [1.807, 2.05) is 12.1 Å².